The van der Waals surface area contributed by atoms with Crippen molar-refractivity contribution >= 4 is 29.5 Å². The van der Waals surface area contributed by atoms with E-state index in [1.165, 1.54) is 4.70 Å². The van der Waals surface area contributed by atoms with Gasteiger partial charge in [-0.2, -0.15) is 0 Å². The molecule has 1 fully saturated rings. The minimum atomic E-state index is -0.730. The van der Waals surface area contributed by atoms with E-state index < -0.39 is 12.2 Å². The lowest BCUT2D eigenvalue weighted by Crippen LogP contribution is -2.58. The first-order chi connectivity index (χ1) is 20.1. The fraction of sp³-hybridized carbons (Fsp3) is 0.576. The number of aliphatic hydroxyl groups excluding tert-OH is 1. The van der Waals surface area contributed by atoms with Crippen LogP contribution in [0.25, 0.3) is 10.1 Å². The maximum atomic E-state index is 11.4. The summed E-state index contributed by atoms with van der Waals surface area (Å²) in [6.45, 7) is 8.88. The minimum Gasteiger partial charge on any atom is -0.436 e. The average Bonchev–Trinajstić information content (AvgIpc) is 3.44. The maximum absolute atomic E-state index is 11.4. The molecule has 1 aromatic heterocycles. The predicted octanol–water partition coefficient (Wildman–Crippen LogP) is 6.54. The van der Waals surface area contributed by atoms with Gasteiger partial charge in [-0.05, 0) is 47.9 Å². The Morgan fingerprint density at radius 3 is 2.27 bits per heavy atom. The van der Waals surface area contributed by atoms with Crippen molar-refractivity contribution < 1.29 is 28.7 Å². The van der Waals surface area contributed by atoms with Crippen LogP contribution in [0.1, 0.15) is 87.5 Å². The third kappa shape index (κ3) is 8.41. The Bertz CT molecular complexity index is 1140. The van der Waals surface area contributed by atoms with Gasteiger partial charge >= 0.3 is 0 Å². The highest BCUT2D eigenvalue weighted by molar-refractivity contribution is 7.19. The third-order valence-electron chi connectivity index (χ3n) is 7.72. The molecule has 1 saturated heterocycles. The molecule has 2 aromatic carbocycles. The highest BCUT2D eigenvalue weighted by Gasteiger charge is 2.48. The van der Waals surface area contributed by atoms with Gasteiger partial charge in [-0.25, -0.2) is 0 Å². The molecule has 0 radical (unpaired) electrons. The van der Waals surface area contributed by atoms with Gasteiger partial charge in [-0.3, -0.25) is 0 Å². The van der Waals surface area contributed by atoms with E-state index in [2.05, 4.69) is 39.0 Å². The van der Waals surface area contributed by atoms with E-state index >= 15 is 0 Å². The van der Waals surface area contributed by atoms with Gasteiger partial charge in [0, 0.05) is 29.4 Å². The highest BCUT2D eigenvalue weighted by atomic mass is 32.1. The van der Waals surface area contributed by atoms with E-state index in [1.54, 1.807) is 19.4 Å². The molecule has 0 bridgehead atoms. The largest absolute Gasteiger partial charge is 0.436 e. The first-order valence-electron chi connectivity index (χ1n) is 15.4. The van der Waals surface area contributed by atoms with Gasteiger partial charge in [0.15, 0.2) is 0 Å². The van der Waals surface area contributed by atoms with Crippen LogP contribution >= 0.6 is 11.3 Å². The van der Waals surface area contributed by atoms with Crippen molar-refractivity contribution in [2.75, 3.05) is 26.4 Å². The molecule has 8 heteroatoms. The molecule has 1 N–H and O–H groups in total. The van der Waals surface area contributed by atoms with Gasteiger partial charge in [0.1, 0.15) is 30.5 Å². The monoisotopic (exact) mass is 582 g/mol. The van der Waals surface area contributed by atoms with E-state index in [1.807, 2.05) is 36.4 Å². The Hall–Kier alpha value is -1.78. The molecule has 0 amide bonds. The number of fused-ring (bicyclic) bond motifs is 1. The van der Waals surface area contributed by atoms with Crippen LogP contribution in [0.2, 0.25) is 0 Å². The summed E-state index contributed by atoms with van der Waals surface area (Å²) in [6.07, 6.45) is 3.72. The van der Waals surface area contributed by atoms with Crippen LogP contribution in [0, 0.1) is 0 Å². The molecule has 1 aliphatic rings. The normalized spacial score (nSPS) is 23.7. The zero-order valence-electron chi connectivity index (χ0n) is 25.1. The van der Waals surface area contributed by atoms with Crippen molar-refractivity contribution in [1.29, 1.82) is 0 Å². The van der Waals surface area contributed by atoms with Crippen molar-refractivity contribution in [1.82, 2.24) is 0 Å². The van der Waals surface area contributed by atoms with Gasteiger partial charge in [0.05, 0.1) is 12.7 Å². The molecule has 0 spiro atoms. The second-order valence-corrected chi connectivity index (χ2v) is 12.0. The van der Waals surface area contributed by atoms with Gasteiger partial charge < -0.3 is 28.7 Å². The summed E-state index contributed by atoms with van der Waals surface area (Å²) in [7, 11) is 1.72. The van der Waals surface area contributed by atoms with Crippen LogP contribution < -0.4 is 0 Å². The summed E-state index contributed by atoms with van der Waals surface area (Å²) in [5, 5.41) is 12.5. The summed E-state index contributed by atoms with van der Waals surface area (Å²) in [4.78, 5) is 0.920. The Labute approximate surface area is 250 Å². The zero-order valence-corrected chi connectivity index (χ0v) is 25.9. The SMILES string of the molecule is BO[C@@H]1[C@@H](OCCCC)[C@H](OCCCC)C(COCCCC)O[C@H]1c1cccc(C(O)c2cc3ccccc3s2)c1. The second kappa shape index (κ2) is 16.8. The lowest BCUT2D eigenvalue weighted by Gasteiger charge is -2.46. The number of thiophene rings is 1. The quantitative estimate of drug-likeness (QED) is 0.144. The minimum absolute atomic E-state index is 0.298. The average molecular weight is 583 g/mol. The summed E-state index contributed by atoms with van der Waals surface area (Å²) in [6, 6.07) is 18.4. The molecule has 4 rings (SSSR count). The van der Waals surface area contributed by atoms with E-state index in [0.717, 1.165) is 59.9 Å². The Kier molecular flexibility index (Phi) is 13.1. The Balaban J connectivity index is 1.62. The topological polar surface area (TPSA) is 66.4 Å². The number of hydrogen-bond acceptors (Lipinski definition) is 7. The number of benzene rings is 2. The number of aliphatic hydroxyl groups is 1. The van der Waals surface area contributed by atoms with E-state index in [4.69, 9.17) is 23.6 Å². The van der Waals surface area contributed by atoms with Gasteiger partial charge in [-0.1, -0.05) is 82.5 Å². The molecule has 6 atom stereocenters. The molecule has 224 valence electrons. The van der Waals surface area contributed by atoms with Crippen LogP contribution in [0.15, 0.2) is 54.6 Å². The molecule has 0 aliphatic carbocycles. The van der Waals surface area contributed by atoms with Crippen LogP contribution in [-0.4, -0.2) is 64.0 Å². The lowest BCUT2D eigenvalue weighted by atomic mass is 9.89. The van der Waals surface area contributed by atoms with Crippen LogP contribution in [-0.2, 0) is 23.6 Å². The van der Waals surface area contributed by atoms with Gasteiger partial charge in [-0.15, -0.1) is 11.3 Å². The molecule has 41 heavy (non-hydrogen) atoms. The number of ether oxygens (including phenoxy) is 4. The molecule has 1 aliphatic heterocycles. The smallest absolute Gasteiger partial charge is 0.258 e. The van der Waals surface area contributed by atoms with Crippen LogP contribution in [0.4, 0.5) is 0 Å². The highest BCUT2D eigenvalue weighted by Crippen LogP contribution is 2.39. The predicted molar refractivity (Wildman–Crippen MR) is 168 cm³/mol. The summed E-state index contributed by atoms with van der Waals surface area (Å²) in [5.74, 6) is 0. The van der Waals surface area contributed by atoms with Gasteiger partial charge in [0.2, 0.25) is 0 Å². The lowest BCUT2D eigenvalue weighted by molar-refractivity contribution is -0.252. The second-order valence-electron chi connectivity index (χ2n) is 10.9. The van der Waals surface area contributed by atoms with Gasteiger partial charge in [0.25, 0.3) is 8.05 Å². The number of rotatable bonds is 17. The first-order valence-corrected chi connectivity index (χ1v) is 16.2. The summed E-state index contributed by atoms with van der Waals surface area (Å²) >= 11 is 1.62. The third-order valence-corrected chi connectivity index (χ3v) is 8.88. The summed E-state index contributed by atoms with van der Waals surface area (Å²) < 4.78 is 33.1. The summed E-state index contributed by atoms with van der Waals surface area (Å²) in [5.41, 5.74) is 1.78. The fourth-order valence-electron chi connectivity index (χ4n) is 5.35. The van der Waals surface area contributed by atoms with E-state index in [0.29, 0.717) is 26.4 Å². The standard InChI is InChI=1S/C33H47BO6S/c1-4-7-17-36-22-26-31(37-18-8-5-2)32(38-19-9-6-3)33(40-34)30(39-26)25-15-12-14-24(20-25)29(35)28-21-23-13-10-11-16-27(23)41-28/h10-16,20-21,26,29-33,35H,4-9,17-19,22,34H2,1-3H3/t26?,29?,30-,31+,32-,33-/m0/s1. The first kappa shape index (κ1) is 32.1. The molecular formula is C33H47BO6S. The molecule has 2 heterocycles. The Morgan fingerprint density at radius 2 is 1.56 bits per heavy atom. The van der Waals surface area contributed by atoms with E-state index in [-0.39, 0.29) is 24.4 Å². The van der Waals surface area contributed by atoms with Crippen molar-refractivity contribution in [3.8, 4) is 0 Å². The molecule has 3 aromatic rings. The van der Waals surface area contributed by atoms with Crippen LogP contribution in [0.5, 0.6) is 0 Å². The molecule has 0 saturated carbocycles. The molecular weight excluding hydrogens is 535 g/mol. The Morgan fingerprint density at radius 1 is 0.854 bits per heavy atom. The zero-order chi connectivity index (χ0) is 29.0. The van der Waals surface area contributed by atoms with E-state index in [9.17, 15) is 5.11 Å². The number of unbranched alkanes of at least 4 members (excludes halogenated alkanes) is 3. The number of hydrogen-bond donors (Lipinski definition) is 1. The van der Waals surface area contributed by atoms with Crippen molar-refractivity contribution in [2.45, 2.75) is 95.9 Å². The van der Waals surface area contributed by atoms with Crippen molar-refractivity contribution in [3.05, 3.63) is 70.6 Å². The van der Waals surface area contributed by atoms with Crippen molar-refractivity contribution in [2.24, 2.45) is 0 Å². The maximum Gasteiger partial charge on any atom is 0.258 e. The van der Waals surface area contributed by atoms with Crippen LogP contribution in [0.3, 0.4) is 0 Å². The fourth-order valence-corrected chi connectivity index (χ4v) is 6.43. The molecule has 2 unspecified atom stereocenters. The molecule has 6 nitrogen and oxygen atoms in total. The van der Waals surface area contributed by atoms with Crippen molar-refractivity contribution in [3.63, 3.8) is 0 Å².